The quantitative estimate of drug-likeness (QED) is 0.900. The molecule has 0 saturated carbocycles. The van der Waals surface area contributed by atoms with Crippen LogP contribution in [0, 0.1) is 0 Å². The van der Waals surface area contributed by atoms with Gasteiger partial charge in [0.1, 0.15) is 0 Å². The predicted molar refractivity (Wildman–Crippen MR) is 92.2 cm³/mol. The van der Waals surface area contributed by atoms with Crippen LogP contribution >= 0.6 is 23.1 Å². The Morgan fingerprint density at radius 1 is 1.40 bits per heavy atom. The normalized spacial score (nSPS) is 23.6. The number of hydrogen-bond donors (Lipinski definition) is 1. The number of rotatable bonds is 5. The molecule has 0 bridgehead atoms. The lowest BCUT2D eigenvalue weighted by molar-refractivity contribution is 0.590. The molecule has 1 aromatic heterocycles. The van der Waals surface area contributed by atoms with E-state index in [1.54, 1.807) is 0 Å². The van der Waals surface area contributed by atoms with Crippen LogP contribution in [0.3, 0.4) is 0 Å². The van der Waals surface area contributed by atoms with Crippen molar-refractivity contribution in [1.82, 2.24) is 10.3 Å². The second kappa shape index (κ2) is 7.14. The van der Waals surface area contributed by atoms with E-state index in [-0.39, 0.29) is 0 Å². The van der Waals surface area contributed by atoms with Crippen LogP contribution in [0.15, 0.2) is 0 Å². The van der Waals surface area contributed by atoms with Crippen LogP contribution in [-0.2, 0) is 13.0 Å². The molecule has 1 aliphatic rings. The van der Waals surface area contributed by atoms with Gasteiger partial charge in [0.05, 0.1) is 5.69 Å². The molecule has 1 N–H and O–H groups in total. The molecule has 1 aliphatic heterocycles. The molecule has 2 atom stereocenters. The summed E-state index contributed by atoms with van der Waals surface area (Å²) in [5, 5.41) is 5.43. The average Bonchev–Trinajstić information content (AvgIpc) is 2.82. The number of nitrogens with zero attached hydrogens (tertiary/aromatic N) is 2. The summed E-state index contributed by atoms with van der Waals surface area (Å²) >= 11 is 3.96. The zero-order valence-electron chi connectivity index (χ0n) is 13.3. The van der Waals surface area contributed by atoms with E-state index in [0.717, 1.165) is 19.5 Å². The SMILES string of the molecule is CCc1nc(N2CCSC(C)C2C)sc1CNC(C)C. The Labute approximate surface area is 131 Å². The molecule has 1 aromatic rings. The van der Waals surface area contributed by atoms with E-state index in [1.165, 1.54) is 21.5 Å². The van der Waals surface area contributed by atoms with Gasteiger partial charge in [-0.25, -0.2) is 4.98 Å². The van der Waals surface area contributed by atoms with Crippen LogP contribution in [0.4, 0.5) is 5.13 Å². The van der Waals surface area contributed by atoms with Crippen molar-refractivity contribution in [3.05, 3.63) is 10.6 Å². The first-order valence-electron chi connectivity index (χ1n) is 7.63. The Kier molecular flexibility index (Phi) is 5.75. The molecule has 114 valence electrons. The van der Waals surface area contributed by atoms with Gasteiger partial charge >= 0.3 is 0 Å². The Bertz CT molecular complexity index is 431. The second-order valence-electron chi connectivity index (χ2n) is 5.77. The molecule has 2 heterocycles. The standard InChI is InChI=1S/C15H27N3S2/c1-6-13-14(9-16-10(2)3)20-15(17-13)18-7-8-19-12(5)11(18)4/h10-12,16H,6-9H2,1-5H3. The van der Waals surface area contributed by atoms with Gasteiger partial charge in [0.2, 0.25) is 0 Å². The fourth-order valence-corrected chi connectivity index (χ4v) is 4.72. The van der Waals surface area contributed by atoms with E-state index >= 15 is 0 Å². The lowest BCUT2D eigenvalue weighted by Gasteiger charge is -2.37. The maximum atomic E-state index is 4.91. The molecule has 1 saturated heterocycles. The highest BCUT2D eigenvalue weighted by atomic mass is 32.2. The average molecular weight is 314 g/mol. The summed E-state index contributed by atoms with van der Waals surface area (Å²) in [4.78, 5) is 8.83. The van der Waals surface area contributed by atoms with E-state index in [0.29, 0.717) is 17.3 Å². The third kappa shape index (κ3) is 3.68. The molecule has 0 aliphatic carbocycles. The smallest absolute Gasteiger partial charge is 0.186 e. The monoisotopic (exact) mass is 313 g/mol. The van der Waals surface area contributed by atoms with E-state index in [9.17, 15) is 0 Å². The molecule has 1 fully saturated rings. The highest BCUT2D eigenvalue weighted by Crippen LogP contribution is 2.33. The Morgan fingerprint density at radius 3 is 2.80 bits per heavy atom. The summed E-state index contributed by atoms with van der Waals surface area (Å²) in [6, 6.07) is 1.10. The van der Waals surface area contributed by atoms with Crippen LogP contribution in [0.25, 0.3) is 0 Å². The van der Waals surface area contributed by atoms with Gasteiger partial charge in [-0.3, -0.25) is 0 Å². The molecule has 20 heavy (non-hydrogen) atoms. The number of nitrogens with one attached hydrogen (secondary N) is 1. The number of aromatic nitrogens is 1. The molecule has 2 rings (SSSR count). The maximum absolute atomic E-state index is 4.91. The maximum Gasteiger partial charge on any atom is 0.186 e. The van der Waals surface area contributed by atoms with Crippen LogP contribution in [-0.4, -0.2) is 34.6 Å². The summed E-state index contributed by atoms with van der Waals surface area (Å²) in [6.07, 6.45) is 1.03. The van der Waals surface area contributed by atoms with Crippen molar-refractivity contribution in [2.24, 2.45) is 0 Å². The number of thiazole rings is 1. The first-order valence-corrected chi connectivity index (χ1v) is 9.49. The topological polar surface area (TPSA) is 28.2 Å². The van der Waals surface area contributed by atoms with Gasteiger partial charge in [0, 0.05) is 41.1 Å². The van der Waals surface area contributed by atoms with Crippen molar-refractivity contribution in [3.63, 3.8) is 0 Å². The van der Waals surface area contributed by atoms with Gasteiger partial charge in [-0.2, -0.15) is 11.8 Å². The third-order valence-corrected chi connectivity index (χ3v) is 6.37. The third-order valence-electron chi connectivity index (χ3n) is 3.90. The van der Waals surface area contributed by atoms with E-state index in [1.807, 2.05) is 11.3 Å². The number of thioether (sulfide) groups is 1. The Morgan fingerprint density at radius 2 is 2.15 bits per heavy atom. The van der Waals surface area contributed by atoms with Crippen molar-refractivity contribution in [2.75, 3.05) is 17.2 Å². The van der Waals surface area contributed by atoms with Crippen LogP contribution in [0.1, 0.15) is 45.2 Å². The molecular weight excluding hydrogens is 286 g/mol. The fraction of sp³-hybridized carbons (Fsp3) is 0.800. The Balaban J connectivity index is 2.15. The van der Waals surface area contributed by atoms with Crippen molar-refractivity contribution >= 4 is 28.2 Å². The number of aryl methyl sites for hydroxylation is 1. The molecule has 0 spiro atoms. The van der Waals surface area contributed by atoms with Gasteiger partial charge in [0.15, 0.2) is 5.13 Å². The number of hydrogen-bond acceptors (Lipinski definition) is 5. The predicted octanol–water partition coefficient (Wildman–Crippen LogP) is 3.53. The zero-order valence-corrected chi connectivity index (χ0v) is 14.9. The minimum atomic E-state index is 0.524. The van der Waals surface area contributed by atoms with Crippen LogP contribution < -0.4 is 10.2 Å². The van der Waals surface area contributed by atoms with Crippen molar-refractivity contribution in [2.45, 2.75) is 64.9 Å². The molecule has 0 aromatic carbocycles. The largest absolute Gasteiger partial charge is 0.343 e. The first-order chi connectivity index (χ1) is 9.52. The molecule has 5 heteroatoms. The minimum Gasteiger partial charge on any atom is -0.343 e. The molecule has 3 nitrogen and oxygen atoms in total. The number of anilines is 1. The van der Waals surface area contributed by atoms with Gasteiger partial charge in [-0.1, -0.05) is 27.7 Å². The van der Waals surface area contributed by atoms with Crippen molar-refractivity contribution < 1.29 is 0 Å². The van der Waals surface area contributed by atoms with Gasteiger partial charge in [-0.15, -0.1) is 11.3 Å². The highest BCUT2D eigenvalue weighted by molar-refractivity contribution is 8.00. The van der Waals surface area contributed by atoms with E-state index in [2.05, 4.69) is 56.6 Å². The highest BCUT2D eigenvalue weighted by Gasteiger charge is 2.28. The van der Waals surface area contributed by atoms with Gasteiger partial charge in [0.25, 0.3) is 0 Å². The summed E-state index contributed by atoms with van der Waals surface area (Å²) in [5.74, 6) is 1.21. The lowest BCUT2D eigenvalue weighted by atomic mass is 10.2. The van der Waals surface area contributed by atoms with E-state index < -0.39 is 0 Å². The summed E-state index contributed by atoms with van der Waals surface area (Å²) < 4.78 is 0. The summed E-state index contributed by atoms with van der Waals surface area (Å²) in [5.41, 5.74) is 1.27. The minimum absolute atomic E-state index is 0.524. The molecule has 0 radical (unpaired) electrons. The molecule has 2 unspecified atom stereocenters. The van der Waals surface area contributed by atoms with Gasteiger partial charge < -0.3 is 10.2 Å². The summed E-state index contributed by atoms with van der Waals surface area (Å²) in [7, 11) is 0. The first kappa shape index (κ1) is 16.1. The van der Waals surface area contributed by atoms with Gasteiger partial charge in [-0.05, 0) is 13.3 Å². The van der Waals surface area contributed by atoms with Crippen molar-refractivity contribution in [1.29, 1.82) is 0 Å². The van der Waals surface area contributed by atoms with Crippen LogP contribution in [0.2, 0.25) is 0 Å². The van der Waals surface area contributed by atoms with Crippen LogP contribution in [0.5, 0.6) is 0 Å². The summed E-state index contributed by atoms with van der Waals surface area (Å²) in [6.45, 7) is 13.3. The lowest BCUT2D eigenvalue weighted by Crippen LogP contribution is -2.44. The fourth-order valence-electron chi connectivity index (χ4n) is 2.41. The zero-order chi connectivity index (χ0) is 14.7. The van der Waals surface area contributed by atoms with E-state index in [4.69, 9.17) is 4.98 Å². The Hall–Kier alpha value is -0.260. The molecule has 0 amide bonds. The van der Waals surface area contributed by atoms with Crippen molar-refractivity contribution in [3.8, 4) is 0 Å². The second-order valence-corrected chi connectivity index (χ2v) is 8.31. The molecular formula is C15H27N3S2.